The van der Waals surface area contributed by atoms with Gasteiger partial charge in [0.05, 0.1) is 27.9 Å². The molecular formula is C16H19ClN2O3S. The van der Waals surface area contributed by atoms with Crippen LogP contribution in [0.3, 0.4) is 0 Å². The molecule has 0 aliphatic carbocycles. The van der Waals surface area contributed by atoms with Crippen LogP contribution >= 0.6 is 11.6 Å². The SMILES string of the molecule is CCCOc1ccccc1N(C)S(=O)(=O)c1ccc(Cl)c(N)c1. The molecule has 7 heteroatoms. The Bertz CT molecular complexity index is 794. The zero-order chi connectivity index (χ0) is 17.0. The zero-order valence-electron chi connectivity index (χ0n) is 13.0. The number of halogens is 1. The van der Waals surface area contributed by atoms with E-state index in [1.54, 1.807) is 24.3 Å². The summed E-state index contributed by atoms with van der Waals surface area (Å²) in [5.41, 5.74) is 6.40. The Morgan fingerprint density at radius 3 is 2.57 bits per heavy atom. The number of nitrogen functional groups attached to an aromatic ring is 1. The maximum absolute atomic E-state index is 12.8. The topological polar surface area (TPSA) is 72.6 Å². The van der Waals surface area contributed by atoms with Crippen molar-refractivity contribution in [2.45, 2.75) is 18.2 Å². The van der Waals surface area contributed by atoms with Gasteiger partial charge in [0.25, 0.3) is 10.0 Å². The third-order valence-electron chi connectivity index (χ3n) is 3.29. The predicted molar refractivity (Wildman–Crippen MR) is 93.7 cm³/mol. The summed E-state index contributed by atoms with van der Waals surface area (Å²) in [6, 6.07) is 11.3. The first-order valence-electron chi connectivity index (χ1n) is 7.13. The molecule has 124 valence electrons. The van der Waals surface area contributed by atoms with Crippen molar-refractivity contribution in [3.63, 3.8) is 0 Å². The summed E-state index contributed by atoms with van der Waals surface area (Å²) in [6.45, 7) is 2.50. The van der Waals surface area contributed by atoms with Crippen LogP contribution in [0.5, 0.6) is 5.75 Å². The lowest BCUT2D eigenvalue weighted by molar-refractivity contribution is 0.318. The number of nitrogens with zero attached hydrogens (tertiary/aromatic N) is 1. The number of para-hydroxylation sites is 2. The Balaban J connectivity index is 2.42. The minimum atomic E-state index is -3.76. The first-order chi connectivity index (χ1) is 10.9. The molecule has 2 aromatic carbocycles. The van der Waals surface area contributed by atoms with Gasteiger partial charge >= 0.3 is 0 Å². The van der Waals surface area contributed by atoms with E-state index in [4.69, 9.17) is 22.1 Å². The van der Waals surface area contributed by atoms with Crippen molar-refractivity contribution in [2.24, 2.45) is 0 Å². The highest BCUT2D eigenvalue weighted by Crippen LogP contribution is 2.32. The summed E-state index contributed by atoms with van der Waals surface area (Å²) in [4.78, 5) is 0.0761. The molecule has 0 spiro atoms. The van der Waals surface area contributed by atoms with Gasteiger partial charge in [-0.25, -0.2) is 8.42 Å². The maximum atomic E-state index is 12.8. The normalized spacial score (nSPS) is 11.3. The van der Waals surface area contributed by atoms with Crippen molar-refractivity contribution >= 4 is 33.0 Å². The largest absolute Gasteiger partial charge is 0.491 e. The Kier molecular flexibility index (Phi) is 5.38. The molecule has 5 nitrogen and oxygen atoms in total. The fourth-order valence-corrected chi connectivity index (χ4v) is 3.38. The van der Waals surface area contributed by atoms with E-state index in [0.29, 0.717) is 23.1 Å². The van der Waals surface area contributed by atoms with E-state index in [2.05, 4.69) is 0 Å². The molecule has 0 radical (unpaired) electrons. The van der Waals surface area contributed by atoms with Gasteiger partial charge < -0.3 is 10.5 Å². The van der Waals surface area contributed by atoms with Crippen LogP contribution in [0.1, 0.15) is 13.3 Å². The summed E-state index contributed by atoms with van der Waals surface area (Å²) in [5.74, 6) is 0.516. The minimum absolute atomic E-state index is 0.0761. The standard InChI is InChI=1S/C16H19ClN2O3S/c1-3-10-22-16-7-5-4-6-15(16)19(2)23(20,21)12-8-9-13(17)14(18)11-12/h4-9,11H,3,10,18H2,1-2H3. The van der Waals surface area contributed by atoms with Crippen LogP contribution in [0.4, 0.5) is 11.4 Å². The van der Waals surface area contributed by atoms with E-state index in [-0.39, 0.29) is 10.6 Å². The van der Waals surface area contributed by atoms with Gasteiger partial charge in [0.15, 0.2) is 0 Å². The summed E-state index contributed by atoms with van der Waals surface area (Å²) in [6.07, 6.45) is 0.832. The molecule has 2 aromatic rings. The zero-order valence-corrected chi connectivity index (χ0v) is 14.6. The van der Waals surface area contributed by atoms with Crippen molar-refractivity contribution in [1.82, 2.24) is 0 Å². The average molecular weight is 355 g/mol. The van der Waals surface area contributed by atoms with Crippen molar-refractivity contribution in [1.29, 1.82) is 0 Å². The van der Waals surface area contributed by atoms with Gasteiger partial charge in [0, 0.05) is 7.05 Å². The Morgan fingerprint density at radius 2 is 1.91 bits per heavy atom. The van der Waals surface area contributed by atoms with Crippen molar-refractivity contribution in [2.75, 3.05) is 23.7 Å². The molecule has 0 aliphatic rings. The predicted octanol–water partition coefficient (Wildman–Crippen LogP) is 3.54. The number of anilines is 2. The highest BCUT2D eigenvalue weighted by atomic mass is 35.5. The average Bonchev–Trinajstić information content (AvgIpc) is 2.54. The molecule has 23 heavy (non-hydrogen) atoms. The van der Waals surface area contributed by atoms with Crippen LogP contribution in [-0.4, -0.2) is 22.1 Å². The molecule has 2 rings (SSSR count). The van der Waals surface area contributed by atoms with Crippen LogP contribution in [0.2, 0.25) is 5.02 Å². The number of ether oxygens (including phenoxy) is 1. The second-order valence-corrected chi connectivity index (χ2v) is 7.35. The van der Waals surface area contributed by atoms with Crippen LogP contribution in [0.25, 0.3) is 0 Å². The molecule has 0 saturated heterocycles. The number of hydrogen-bond donors (Lipinski definition) is 1. The lowest BCUT2D eigenvalue weighted by Gasteiger charge is -2.22. The third kappa shape index (κ3) is 3.71. The van der Waals surface area contributed by atoms with Crippen molar-refractivity contribution < 1.29 is 13.2 Å². The van der Waals surface area contributed by atoms with Crippen molar-refractivity contribution in [3.8, 4) is 5.75 Å². The second-order valence-electron chi connectivity index (χ2n) is 4.97. The Morgan fingerprint density at radius 1 is 1.22 bits per heavy atom. The molecule has 0 amide bonds. The van der Waals surface area contributed by atoms with Gasteiger partial charge in [-0.2, -0.15) is 0 Å². The van der Waals surface area contributed by atoms with Gasteiger partial charge in [0.2, 0.25) is 0 Å². The Labute approximate surface area is 141 Å². The summed E-state index contributed by atoms with van der Waals surface area (Å²) in [7, 11) is -2.28. The molecule has 0 heterocycles. The fourth-order valence-electron chi connectivity index (χ4n) is 2.02. The molecule has 0 fully saturated rings. The number of sulfonamides is 1. The summed E-state index contributed by atoms with van der Waals surface area (Å²) >= 11 is 5.86. The van der Waals surface area contributed by atoms with E-state index in [0.717, 1.165) is 6.42 Å². The number of hydrogen-bond acceptors (Lipinski definition) is 4. The smallest absolute Gasteiger partial charge is 0.264 e. The first kappa shape index (κ1) is 17.4. The Hall–Kier alpha value is -1.92. The summed E-state index contributed by atoms with van der Waals surface area (Å²) < 4.78 is 32.4. The summed E-state index contributed by atoms with van der Waals surface area (Å²) in [5, 5.41) is 0.318. The molecular weight excluding hydrogens is 336 g/mol. The molecule has 0 aromatic heterocycles. The van der Waals surface area contributed by atoms with Gasteiger partial charge in [-0.1, -0.05) is 30.7 Å². The van der Waals surface area contributed by atoms with Gasteiger partial charge in [-0.15, -0.1) is 0 Å². The van der Waals surface area contributed by atoms with Crippen LogP contribution < -0.4 is 14.8 Å². The van der Waals surface area contributed by atoms with Gasteiger partial charge in [-0.05, 0) is 36.8 Å². The van der Waals surface area contributed by atoms with Gasteiger partial charge in [-0.3, -0.25) is 4.31 Å². The lowest BCUT2D eigenvalue weighted by Crippen LogP contribution is -2.27. The fraction of sp³-hybridized carbons (Fsp3) is 0.250. The van der Waals surface area contributed by atoms with Gasteiger partial charge in [0.1, 0.15) is 5.75 Å². The van der Waals surface area contributed by atoms with Crippen LogP contribution in [-0.2, 0) is 10.0 Å². The monoisotopic (exact) mass is 354 g/mol. The van der Waals surface area contributed by atoms with E-state index < -0.39 is 10.0 Å². The molecule has 2 N–H and O–H groups in total. The molecule has 0 unspecified atom stereocenters. The van der Waals surface area contributed by atoms with Crippen molar-refractivity contribution in [3.05, 3.63) is 47.5 Å². The number of benzene rings is 2. The molecule has 0 aliphatic heterocycles. The molecule has 0 bridgehead atoms. The highest BCUT2D eigenvalue weighted by Gasteiger charge is 2.24. The van der Waals surface area contributed by atoms with E-state index in [1.165, 1.54) is 29.6 Å². The van der Waals surface area contributed by atoms with E-state index >= 15 is 0 Å². The first-order valence-corrected chi connectivity index (χ1v) is 8.95. The molecule has 0 atom stereocenters. The maximum Gasteiger partial charge on any atom is 0.264 e. The van der Waals surface area contributed by atoms with E-state index in [1.807, 2.05) is 6.92 Å². The number of rotatable bonds is 6. The highest BCUT2D eigenvalue weighted by molar-refractivity contribution is 7.92. The minimum Gasteiger partial charge on any atom is -0.491 e. The third-order valence-corrected chi connectivity index (χ3v) is 5.40. The molecule has 0 saturated carbocycles. The van der Waals surface area contributed by atoms with E-state index in [9.17, 15) is 8.42 Å². The quantitative estimate of drug-likeness (QED) is 0.805. The lowest BCUT2D eigenvalue weighted by atomic mass is 10.3. The van der Waals surface area contributed by atoms with Crippen LogP contribution in [0.15, 0.2) is 47.4 Å². The second kappa shape index (κ2) is 7.10. The number of nitrogens with two attached hydrogens (primary N) is 1. The van der Waals surface area contributed by atoms with Crippen LogP contribution in [0, 0.1) is 0 Å².